The first-order valence-electron chi connectivity index (χ1n) is 30.8. The van der Waals surface area contributed by atoms with E-state index in [9.17, 15) is 14.4 Å². The predicted molar refractivity (Wildman–Crippen MR) is 298 cm³/mol. The quantitative estimate of drug-likeness (QED) is 0.0261. The fourth-order valence-corrected chi connectivity index (χ4v) is 9.26. The van der Waals surface area contributed by atoms with Crippen LogP contribution < -0.4 is 0 Å². The van der Waals surface area contributed by atoms with Crippen LogP contribution in [0.15, 0.2) is 24.3 Å². The van der Waals surface area contributed by atoms with Crippen molar-refractivity contribution in [3.05, 3.63) is 24.3 Å². The average Bonchev–Trinajstić information content (AvgIpc) is 3.35. The molecule has 406 valence electrons. The summed E-state index contributed by atoms with van der Waals surface area (Å²) in [4.78, 5) is 38.0. The molecule has 0 aromatic carbocycles. The van der Waals surface area contributed by atoms with E-state index in [4.69, 9.17) is 14.2 Å². The number of esters is 3. The van der Waals surface area contributed by atoms with Crippen LogP contribution in [0.5, 0.6) is 0 Å². The molecule has 0 N–H and O–H groups in total. The Bertz CT molecular complexity index is 1110. The van der Waals surface area contributed by atoms with Crippen molar-refractivity contribution in [3.8, 4) is 0 Å². The van der Waals surface area contributed by atoms with E-state index in [-0.39, 0.29) is 31.1 Å². The molecule has 6 heteroatoms. The topological polar surface area (TPSA) is 78.9 Å². The second kappa shape index (κ2) is 58.5. The van der Waals surface area contributed by atoms with Gasteiger partial charge in [0.2, 0.25) is 0 Å². The lowest BCUT2D eigenvalue weighted by Crippen LogP contribution is -2.30. The van der Waals surface area contributed by atoms with E-state index < -0.39 is 6.10 Å². The summed E-state index contributed by atoms with van der Waals surface area (Å²) in [5, 5.41) is 0. The van der Waals surface area contributed by atoms with Crippen molar-refractivity contribution in [2.24, 2.45) is 0 Å². The molecule has 1 unspecified atom stereocenters. The molecule has 0 aliphatic heterocycles. The van der Waals surface area contributed by atoms with E-state index in [2.05, 4.69) is 45.1 Å². The van der Waals surface area contributed by atoms with Crippen LogP contribution in [-0.2, 0) is 28.6 Å². The Labute approximate surface area is 430 Å². The Morgan fingerprint density at radius 3 is 0.725 bits per heavy atom. The van der Waals surface area contributed by atoms with Gasteiger partial charge in [0.15, 0.2) is 6.10 Å². The summed E-state index contributed by atoms with van der Waals surface area (Å²) in [6.07, 6.45) is 69.2. The summed E-state index contributed by atoms with van der Waals surface area (Å²) in [6.45, 7) is 6.65. The van der Waals surface area contributed by atoms with E-state index in [1.54, 1.807) is 0 Å². The van der Waals surface area contributed by atoms with E-state index in [0.29, 0.717) is 19.3 Å². The van der Waals surface area contributed by atoms with E-state index >= 15 is 0 Å². The van der Waals surface area contributed by atoms with Gasteiger partial charge >= 0.3 is 17.9 Å². The van der Waals surface area contributed by atoms with Gasteiger partial charge in [0.05, 0.1) is 0 Å². The molecule has 0 spiro atoms. The number of allylic oxidation sites excluding steroid dienone is 4. The van der Waals surface area contributed by atoms with Crippen LogP contribution in [0.1, 0.15) is 342 Å². The number of carbonyl (C=O) groups is 3. The molecular weight excluding hydrogens is 853 g/mol. The van der Waals surface area contributed by atoms with Crippen molar-refractivity contribution < 1.29 is 28.6 Å². The lowest BCUT2D eigenvalue weighted by molar-refractivity contribution is -0.167. The largest absolute Gasteiger partial charge is 0.462 e. The first-order chi connectivity index (χ1) is 34.0. The predicted octanol–water partition coefficient (Wildman–Crippen LogP) is 20.7. The molecule has 0 aliphatic carbocycles. The number of unbranched alkanes of at least 4 members (excludes halogenated alkanes) is 42. The Morgan fingerprint density at radius 1 is 0.275 bits per heavy atom. The van der Waals surface area contributed by atoms with Gasteiger partial charge in [-0.05, 0) is 70.6 Å². The minimum Gasteiger partial charge on any atom is -0.462 e. The van der Waals surface area contributed by atoms with Gasteiger partial charge in [-0.15, -0.1) is 0 Å². The van der Waals surface area contributed by atoms with Crippen molar-refractivity contribution in [1.29, 1.82) is 0 Å². The summed E-state index contributed by atoms with van der Waals surface area (Å²) in [7, 11) is 0. The molecule has 0 heterocycles. The first kappa shape index (κ1) is 66.9. The van der Waals surface area contributed by atoms with E-state index in [0.717, 1.165) is 64.2 Å². The van der Waals surface area contributed by atoms with Crippen LogP contribution in [0.3, 0.4) is 0 Å². The third-order valence-electron chi connectivity index (χ3n) is 13.9. The van der Waals surface area contributed by atoms with Gasteiger partial charge in [0.1, 0.15) is 13.2 Å². The zero-order chi connectivity index (χ0) is 50.0. The Kier molecular flexibility index (Phi) is 56.7. The van der Waals surface area contributed by atoms with E-state index in [1.807, 2.05) is 0 Å². The van der Waals surface area contributed by atoms with Crippen LogP contribution >= 0.6 is 0 Å². The SMILES string of the molecule is CCCCCCCCC/C=C\CCCCCCCC(=O)OC(COC(=O)CCCCCCCCCC)COC(=O)CCCCCCCCCCCCCCCCC/C=C\CCCCCCCCCC. The van der Waals surface area contributed by atoms with Gasteiger partial charge in [-0.3, -0.25) is 14.4 Å². The Balaban J connectivity index is 4.09. The summed E-state index contributed by atoms with van der Waals surface area (Å²) < 4.78 is 16.8. The highest BCUT2D eigenvalue weighted by Crippen LogP contribution is 2.17. The number of hydrogen-bond donors (Lipinski definition) is 0. The van der Waals surface area contributed by atoms with Gasteiger partial charge in [-0.25, -0.2) is 0 Å². The smallest absolute Gasteiger partial charge is 0.306 e. The standard InChI is InChI=1S/C63H118O6/c1-4-7-10-13-16-19-21-23-25-27-28-29-30-31-32-33-34-35-36-37-39-40-42-44-47-50-53-56-62(65)68-59-60(58-67-61(64)55-52-49-46-18-15-12-9-6-3)69-63(66)57-54-51-48-45-43-41-38-26-24-22-20-17-14-11-8-5-2/h26-28,38,60H,4-25,29-37,39-59H2,1-3H3/b28-27-,38-26-. The highest BCUT2D eigenvalue weighted by molar-refractivity contribution is 5.71. The highest BCUT2D eigenvalue weighted by atomic mass is 16.6. The van der Waals surface area contributed by atoms with Crippen molar-refractivity contribution in [2.75, 3.05) is 13.2 Å². The lowest BCUT2D eigenvalue weighted by Gasteiger charge is -2.18. The minimum atomic E-state index is -0.770. The number of ether oxygens (including phenoxy) is 3. The van der Waals surface area contributed by atoms with Crippen LogP contribution in [0.25, 0.3) is 0 Å². The fourth-order valence-electron chi connectivity index (χ4n) is 9.26. The molecule has 1 atom stereocenters. The molecule has 0 fully saturated rings. The molecule has 0 bridgehead atoms. The molecule has 0 aliphatic rings. The minimum absolute atomic E-state index is 0.0700. The van der Waals surface area contributed by atoms with Gasteiger partial charge in [-0.2, -0.15) is 0 Å². The normalized spacial score (nSPS) is 12.1. The fraction of sp³-hybridized carbons (Fsp3) is 0.889. The zero-order valence-electron chi connectivity index (χ0n) is 46.6. The molecule has 0 amide bonds. The van der Waals surface area contributed by atoms with Crippen LogP contribution in [0.4, 0.5) is 0 Å². The monoisotopic (exact) mass is 971 g/mol. The second-order valence-electron chi connectivity index (χ2n) is 21.0. The molecule has 0 saturated carbocycles. The molecule has 0 rings (SSSR count). The first-order valence-corrected chi connectivity index (χ1v) is 30.8. The maximum absolute atomic E-state index is 12.8. The number of carbonyl (C=O) groups excluding carboxylic acids is 3. The average molecular weight is 972 g/mol. The molecule has 0 radical (unpaired) electrons. The van der Waals surface area contributed by atoms with Crippen LogP contribution in [-0.4, -0.2) is 37.2 Å². The summed E-state index contributed by atoms with van der Waals surface area (Å²) in [5.74, 6) is -0.863. The Hall–Kier alpha value is -2.11. The molecular formula is C63H118O6. The number of rotatable bonds is 57. The second-order valence-corrected chi connectivity index (χ2v) is 21.0. The molecule has 0 aromatic rings. The van der Waals surface area contributed by atoms with E-state index in [1.165, 1.54) is 238 Å². The molecule has 0 saturated heterocycles. The number of hydrogen-bond acceptors (Lipinski definition) is 6. The van der Waals surface area contributed by atoms with Crippen molar-refractivity contribution in [2.45, 2.75) is 348 Å². The van der Waals surface area contributed by atoms with Gasteiger partial charge in [0, 0.05) is 19.3 Å². The summed E-state index contributed by atoms with van der Waals surface area (Å²) in [5.41, 5.74) is 0. The van der Waals surface area contributed by atoms with Gasteiger partial charge in [0.25, 0.3) is 0 Å². The third-order valence-corrected chi connectivity index (χ3v) is 13.9. The maximum atomic E-state index is 12.8. The highest BCUT2D eigenvalue weighted by Gasteiger charge is 2.19. The third kappa shape index (κ3) is 56.7. The molecule has 6 nitrogen and oxygen atoms in total. The Morgan fingerprint density at radius 2 is 0.478 bits per heavy atom. The van der Waals surface area contributed by atoms with Gasteiger partial charge < -0.3 is 14.2 Å². The zero-order valence-corrected chi connectivity index (χ0v) is 46.6. The van der Waals surface area contributed by atoms with Gasteiger partial charge in [-0.1, -0.05) is 276 Å². The molecule has 69 heavy (non-hydrogen) atoms. The van der Waals surface area contributed by atoms with Crippen molar-refractivity contribution in [3.63, 3.8) is 0 Å². The van der Waals surface area contributed by atoms with Crippen LogP contribution in [0, 0.1) is 0 Å². The summed E-state index contributed by atoms with van der Waals surface area (Å²) in [6, 6.07) is 0. The van der Waals surface area contributed by atoms with Crippen LogP contribution in [0.2, 0.25) is 0 Å². The van der Waals surface area contributed by atoms with Crippen molar-refractivity contribution in [1.82, 2.24) is 0 Å². The lowest BCUT2D eigenvalue weighted by atomic mass is 10.0. The van der Waals surface area contributed by atoms with Crippen molar-refractivity contribution >= 4 is 17.9 Å². The maximum Gasteiger partial charge on any atom is 0.306 e. The summed E-state index contributed by atoms with van der Waals surface area (Å²) >= 11 is 0. The molecule has 0 aromatic heterocycles.